The highest BCUT2D eigenvalue weighted by molar-refractivity contribution is 5.17. The van der Waals surface area contributed by atoms with Crippen molar-refractivity contribution < 1.29 is 4.74 Å². The summed E-state index contributed by atoms with van der Waals surface area (Å²) in [6, 6.07) is 0.371. The molecule has 1 unspecified atom stereocenters. The number of aromatic nitrogens is 2. The minimum atomic E-state index is 0.371. The number of nitrogens with zero attached hydrogens (tertiary/aromatic N) is 2. The lowest BCUT2D eigenvalue weighted by Crippen LogP contribution is -2.30. The van der Waals surface area contributed by atoms with E-state index >= 15 is 0 Å². The Morgan fingerprint density at radius 1 is 1.44 bits per heavy atom. The second-order valence-electron chi connectivity index (χ2n) is 5.07. The Morgan fingerprint density at radius 3 is 3.06 bits per heavy atom. The minimum absolute atomic E-state index is 0.371. The first-order valence-electron chi connectivity index (χ1n) is 7.11. The summed E-state index contributed by atoms with van der Waals surface area (Å²) in [5.41, 5.74) is 2.74. The topological polar surface area (TPSA) is 39.1 Å². The SMILES string of the molecule is CCCNCC(COC)n1cnc2c1CCCC2. The summed E-state index contributed by atoms with van der Waals surface area (Å²) in [6.07, 6.45) is 8.07. The van der Waals surface area contributed by atoms with E-state index in [2.05, 4.69) is 21.8 Å². The molecule has 0 amide bonds. The molecule has 1 aliphatic carbocycles. The van der Waals surface area contributed by atoms with E-state index in [1.807, 2.05) is 6.33 Å². The fraction of sp³-hybridized carbons (Fsp3) is 0.786. The van der Waals surface area contributed by atoms with E-state index in [0.29, 0.717) is 6.04 Å². The molecule has 1 atom stereocenters. The Bertz CT molecular complexity index is 362. The molecule has 102 valence electrons. The van der Waals surface area contributed by atoms with Gasteiger partial charge in [0.1, 0.15) is 0 Å². The molecule has 1 aromatic heterocycles. The van der Waals surface area contributed by atoms with E-state index in [0.717, 1.165) is 26.1 Å². The Balaban J connectivity index is 2.06. The molecule has 4 nitrogen and oxygen atoms in total. The normalized spacial score (nSPS) is 16.6. The predicted molar refractivity (Wildman–Crippen MR) is 72.9 cm³/mol. The summed E-state index contributed by atoms with van der Waals surface area (Å²) in [5, 5.41) is 3.49. The van der Waals surface area contributed by atoms with Gasteiger partial charge in [-0.15, -0.1) is 0 Å². The van der Waals surface area contributed by atoms with Crippen molar-refractivity contribution in [3.8, 4) is 0 Å². The summed E-state index contributed by atoms with van der Waals surface area (Å²) in [6.45, 7) is 4.97. The first-order valence-corrected chi connectivity index (χ1v) is 7.11. The van der Waals surface area contributed by atoms with Crippen LogP contribution in [0.1, 0.15) is 43.6 Å². The number of aryl methyl sites for hydroxylation is 1. The molecular weight excluding hydrogens is 226 g/mol. The third kappa shape index (κ3) is 3.12. The molecule has 0 saturated heterocycles. The van der Waals surface area contributed by atoms with E-state index in [9.17, 15) is 0 Å². The van der Waals surface area contributed by atoms with Gasteiger partial charge in [0, 0.05) is 19.3 Å². The highest BCUT2D eigenvalue weighted by atomic mass is 16.5. The van der Waals surface area contributed by atoms with Gasteiger partial charge in [-0.25, -0.2) is 4.98 Å². The van der Waals surface area contributed by atoms with Crippen LogP contribution in [-0.4, -0.2) is 36.4 Å². The van der Waals surface area contributed by atoms with Crippen LogP contribution in [0.3, 0.4) is 0 Å². The van der Waals surface area contributed by atoms with Crippen LogP contribution in [0.15, 0.2) is 6.33 Å². The summed E-state index contributed by atoms with van der Waals surface area (Å²) in [5.74, 6) is 0. The fourth-order valence-electron chi connectivity index (χ4n) is 2.68. The first kappa shape index (κ1) is 13.6. The molecule has 0 radical (unpaired) electrons. The lowest BCUT2D eigenvalue weighted by molar-refractivity contribution is 0.152. The maximum atomic E-state index is 5.36. The molecule has 1 aliphatic rings. The van der Waals surface area contributed by atoms with Gasteiger partial charge in [0.25, 0.3) is 0 Å². The molecular formula is C14H25N3O. The Morgan fingerprint density at radius 2 is 2.28 bits per heavy atom. The fourth-order valence-corrected chi connectivity index (χ4v) is 2.68. The minimum Gasteiger partial charge on any atom is -0.382 e. The van der Waals surface area contributed by atoms with Gasteiger partial charge >= 0.3 is 0 Å². The van der Waals surface area contributed by atoms with Gasteiger partial charge in [-0.3, -0.25) is 0 Å². The van der Waals surface area contributed by atoms with Crippen LogP contribution in [0, 0.1) is 0 Å². The van der Waals surface area contributed by atoms with E-state index in [4.69, 9.17) is 4.74 Å². The van der Waals surface area contributed by atoms with Crippen LogP contribution in [0.4, 0.5) is 0 Å². The zero-order chi connectivity index (χ0) is 12.8. The number of rotatable bonds is 7. The second-order valence-corrected chi connectivity index (χ2v) is 5.07. The monoisotopic (exact) mass is 251 g/mol. The quantitative estimate of drug-likeness (QED) is 0.753. The molecule has 0 spiro atoms. The number of hydrogen-bond donors (Lipinski definition) is 1. The van der Waals surface area contributed by atoms with E-state index in [-0.39, 0.29) is 0 Å². The zero-order valence-corrected chi connectivity index (χ0v) is 11.6. The molecule has 1 aromatic rings. The zero-order valence-electron chi connectivity index (χ0n) is 11.6. The van der Waals surface area contributed by atoms with Gasteiger partial charge in [0.15, 0.2) is 0 Å². The second kappa shape index (κ2) is 6.90. The maximum Gasteiger partial charge on any atom is 0.0955 e. The number of methoxy groups -OCH3 is 1. The summed E-state index contributed by atoms with van der Waals surface area (Å²) in [4.78, 5) is 4.57. The van der Waals surface area contributed by atoms with Crippen LogP contribution in [0.25, 0.3) is 0 Å². The summed E-state index contributed by atoms with van der Waals surface area (Å²) >= 11 is 0. The predicted octanol–water partition coefficient (Wildman–Crippen LogP) is 1.95. The van der Waals surface area contributed by atoms with Crippen molar-refractivity contribution in [3.63, 3.8) is 0 Å². The van der Waals surface area contributed by atoms with Gasteiger partial charge in [0.2, 0.25) is 0 Å². The van der Waals surface area contributed by atoms with Crippen molar-refractivity contribution in [2.24, 2.45) is 0 Å². The van der Waals surface area contributed by atoms with Gasteiger partial charge in [-0.05, 0) is 38.6 Å². The van der Waals surface area contributed by atoms with Crippen molar-refractivity contribution in [1.29, 1.82) is 0 Å². The van der Waals surface area contributed by atoms with Crippen LogP contribution in [0.2, 0.25) is 0 Å². The number of hydrogen-bond acceptors (Lipinski definition) is 3. The molecule has 18 heavy (non-hydrogen) atoms. The summed E-state index contributed by atoms with van der Waals surface area (Å²) < 4.78 is 7.69. The molecule has 0 aromatic carbocycles. The average molecular weight is 251 g/mol. The number of imidazole rings is 1. The molecule has 0 aliphatic heterocycles. The van der Waals surface area contributed by atoms with Crippen molar-refractivity contribution >= 4 is 0 Å². The highest BCUT2D eigenvalue weighted by Crippen LogP contribution is 2.22. The number of nitrogens with one attached hydrogen (secondary N) is 1. The molecule has 4 heteroatoms. The van der Waals surface area contributed by atoms with Crippen LogP contribution in [-0.2, 0) is 17.6 Å². The Hall–Kier alpha value is -0.870. The molecule has 2 rings (SSSR count). The van der Waals surface area contributed by atoms with Crippen molar-refractivity contribution in [2.45, 2.75) is 45.1 Å². The van der Waals surface area contributed by atoms with E-state index in [1.54, 1.807) is 7.11 Å². The highest BCUT2D eigenvalue weighted by Gasteiger charge is 2.20. The molecule has 0 bridgehead atoms. The average Bonchev–Trinajstić information content (AvgIpc) is 2.82. The lowest BCUT2D eigenvalue weighted by Gasteiger charge is -2.22. The van der Waals surface area contributed by atoms with Gasteiger partial charge < -0.3 is 14.6 Å². The van der Waals surface area contributed by atoms with Crippen LogP contribution < -0.4 is 5.32 Å². The van der Waals surface area contributed by atoms with Crippen LogP contribution >= 0.6 is 0 Å². The molecule has 1 N–H and O–H groups in total. The van der Waals surface area contributed by atoms with E-state index in [1.165, 1.54) is 37.1 Å². The number of ether oxygens (including phenoxy) is 1. The van der Waals surface area contributed by atoms with Crippen LogP contribution in [0.5, 0.6) is 0 Å². The maximum absolute atomic E-state index is 5.36. The Labute approximate surface area is 110 Å². The first-order chi connectivity index (χ1) is 8.86. The van der Waals surface area contributed by atoms with Gasteiger partial charge in [-0.1, -0.05) is 6.92 Å². The summed E-state index contributed by atoms with van der Waals surface area (Å²) in [7, 11) is 1.77. The molecule has 0 fully saturated rings. The third-order valence-electron chi connectivity index (χ3n) is 3.62. The molecule has 1 heterocycles. The van der Waals surface area contributed by atoms with Crippen molar-refractivity contribution in [3.05, 3.63) is 17.7 Å². The van der Waals surface area contributed by atoms with Crippen molar-refractivity contribution in [2.75, 3.05) is 26.8 Å². The lowest BCUT2D eigenvalue weighted by atomic mass is 10.0. The largest absolute Gasteiger partial charge is 0.382 e. The van der Waals surface area contributed by atoms with Gasteiger partial charge in [0.05, 0.1) is 24.7 Å². The standard InChI is InChI=1S/C14H25N3O/c1-3-8-15-9-12(10-18-2)17-11-16-13-6-4-5-7-14(13)17/h11-12,15H,3-10H2,1-2H3. The van der Waals surface area contributed by atoms with Crippen molar-refractivity contribution in [1.82, 2.24) is 14.9 Å². The number of fused-ring (bicyclic) bond motifs is 1. The third-order valence-corrected chi connectivity index (χ3v) is 3.62. The van der Waals surface area contributed by atoms with E-state index < -0.39 is 0 Å². The Kier molecular flexibility index (Phi) is 5.20. The molecule has 0 saturated carbocycles. The van der Waals surface area contributed by atoms with Gasteiger partial charge in [-0.2, -0.15) is 0 Å². The smallest absolute Gasteiger partial charge is 0.0955 e.